The lowest BCUT2D eigenvalue weighted by atomic mass is 10.1. The molecule has 0 amide bonds. The first-order chi connectivity index (χ1) is 9.56. The van der Waals surface area contributed by atoms with Crippen molar-refractivity contribution in [3.63, 3.8) is 0 Å². The van der Waals surface area contributed by atoms with E-state index in [2.05, 4.69) is 24.1 Å². The van der Waals surface area contributed by atoms with Crippen LogP contribution in [0, 0.1) is 18.7 Å². The molecule has 3 nitrogen and oxygen atoms in total. The number of nitrogens with zero attached hydrogens (tertiary/aromatic N) is 1. The first-order valence-corrected chi connectivity index (χ1v) is 6.98. The number of aryl methyl sites for hydroxylation is 1. The van der Waals surface area contributed by atoms with Gasteiger partial charge in [0.15, 0.2) is 11.7 Å². The molecule has 0 fully saturated rings. The summed E-state index contributed by atoms with van der Waals surface area (Å²) in [7, 11) is 0. The summed E-state index contributed by atoms with van der Waals surface area (Å²) in [4.78, 5) is 4.23. The van der Waals surface area contributed by atoms with E-state index in [0.29, 0.717) is 23.1 Å². The minimum absolute atomic E-state index is 0.223. The van der Waals surface area contributed by atoms with Gasteiger partial charge in [-0.3, -0.25) is 0 Å². The van der Waals surface area contributed by atoms with E-state index in [9.17, 15) is 4.39 Å². The molecule has 108 valence electrons. The predicted molar refractivity (Wildman–Crippen MR) is 78.0 cm³/mol. The van der Waals surface area contributed by atoms with Crippen LogP contribution in [0.3, 0.4) is 0 Å². The van der Waals surface area contributed by atoms with Gasteiger partial charge < -0.3 is 9.73 Å². The first kappa shape index (κ1) is 14.7. The number of nitrogens with one attached hydrogen (secondary N) is 1. The Hall–Kier alpha value is -1.68. The van der Waals surface area contributed by atoms with Crippen LogP contribution in [0.5, 0.6) is 0 Å². The zero-order valence-corrected chi connectivity index (χ0v) is 12.2. The van der Waals surface area contributed by atoms with Crippen molar-refractivity contribution in [3.8, 4) is 11.3 Å². The number of aromatic nitrogens is 1. The Balaban J connectivity index is 1.96. The maximum absolute atomic E-state index is 13.5. The molecule has 0 radical (unpaired) electrons. The zero-order valence-electron chi connectivity index (χ0n) is 12.2. The third-order valence-electron chi connectivity index (χ3n) is 3.08. The average Bonchev–Trinajstić information content (AvgIpc) is 2.86. The Morgan fingerprint density at radius 2 is 2.15 bits per heavy atom. The number of oxazole rings is 1. The fourth-order valence-electron chi connectivity index (χ4n) is 1.89. The highest BCUT2D eigenvalue weighted by Crippen LogP contribution is 2.22. The summed E-state index contributed by atoms with van der Waals surface area (Å²) in [5.74, 6) is 1.70. The van der Waals surface area contributed by atoms with E-state index in [1.54, 1.807) is 19.2 Å². The SMILES string of the molecule is Cc1ccc(-c2cnc(CCNCC(C)C)o2)cc1F. The van der Waals surface area contributed by atoms with E-state index < -0.39 is 0 Å². The molecule has 4 heteroatoms. The van der Waals surface area contributed by atoms with Gasteiger partial charge in [0.05, 0.1) is 6.20 Å². The van der Waals surface area contributed by atoms with Crippen molar-refractivity contribution in [3.05, 3.63) is 41.7 Å². The summed E-state index contributed by atoms with van der Waals surface area (Å²) in [5.41, 5.74) is 1.35. The third kappa shape index (κ3) is 3.90. The maximum atomic E-state index is 13.5. The molecule has 0 unspecified atom stereocenters. The first-order valence-electron chi connectivity index (χ1n) is 6.98. The van der Waals surface area contributed by atoms with E-state index in [4.69, 9.17) is 4.42 Å². The van der Waals surface area contributed by atoms with E-state index in [-0.39, 0.29) is 5.82 Å². The topological polar surface area (TPSA) is 38.1 Å². The van der Waals surface area contributed by atoms with Gasteiger partial charge in [-0.1, -0.05) is 26.0 Å². The van der Waals surface area contributed by atoms with E-state index >= 15 is 0 Å². The lowest BCUT2D eigenvalue weighted by Gasteiger charge is -2.05. The van der Waals surface area contributed by atoms with Crippen LogP contribution in [0.15, 0.2) is 28.8 Å². The lowest BCUT2D eigenvalue weighted by molar-refractivity contribution is 0.482. The van der Waals surface area contributed by atoms with Crippen molar-refractivity contribution in [1.82, 2.24) is 10.3 Å². The van der Waals surface area contributed by atoms with Gasteiger partial charge >= 0.3 is 0 Å². The highest BCUT2D eigenvalue weighted by molar-refractivity contribution is 5.56. The van der Waals surface area contributed by atoms with Crippen LogP contribution in [-0.2, 0) is 6.42 Å². The Kier molecular flexibility index (Phi) is 4.90. The van der Waals surface area contributed by atoms with Crippen molar-refractivity contribution >= 4 is 0 Å². The molecular weight excluding hydrogens is 255 g/mol. The van der Waals surface area contributed by atoms with Gasteiger partial charge in [0.1, 0.15) is 5.82 Å². The smallest absolute Gasteiger partial charge is 0.196 e. The summed E-state index contributed by atoms with van der Waals surface area (Å²) >= 11 is 0. The van der Waals surface area contributed by atoms with Gasteiger partial charge in [-0.15, -0.1) is 0 Å². The van der Waals surface area contributed by atoms with E-state index in [0.717, 1.165) is 25.1 Å². The van der Waals surface area contributed by atoms with Crippen LogP contribution in [0.2, 0.25) is 0 Å². The standard InChI is InChI=1S/C16H21FN2O/c1-11(2)9-18-7-6-16-19-10-15(20-16)13-5-4-12(3)14(17)8-13/h4-5,8,10-11,18H,6-7,9H2,1-3H3. The van der Waals surface area contributed by atoms with Crippen molar-refractivity contribution in [1.29, 1.82) is 0 Å². The lowest BCUT2D eigenvalue weighted by Crippen LogP contribution is -2.22. The second-order valence-corrected chi connectivity index (χ2v) is 5.43. The molecule has 1 heterocycles. The van der Waals surface area contributed by atoms with Crippen LogP contribution < -0.4 is 5.32 Å². The van der Waals surface area contributed by atoms with Crippen LogP contribution in [0.25, 0.3) is 11.3 Å². The second-order valence-electron chi connectivity index (χ2n) is 5.43. The summed E-state index contributed by atoms with van der Waals surface area (Å²) in [6.07, 6.45) is 2.39. The van der Waals surface area contributed by atoms with Crippen molar-refractivity contribution in [2.45, 2.75) is 27.2 Å². The highest BCUT2D eigenvalue weighted by atomic mass is 19.1. The predicted octanol–water partition coefficient (Wildman–Crippen LogP) is 3.58. The summed E-state index contributed by atoms with van der Waals surface area (Å²) in [6, 6.07) is 5.08. The number of hydrogen-bond donors (Lipinski definition) is 1. The Bertz CT molecular complexity index is 563. The van der Waals surface area contributed by atoms with Gasteiger partial charge in [0.2, 0.25) is 0 Å². The molecule has 2 aromatic rings. The Labute approximate surface area is 119 Å². The molecule has 1 aromatic carbocycles. The van der Waals surface area contributed by atoms with Crippen molar-refractivity contribution in [2.24, 2.45) is 5.92 Å². The quantitative estimate of drug-likeness (QED) is 0.820. The molecule has 0 atom stereocenters. The Morgan fingerprint density at radius 3 is 2.85 bits per heavy atom. The van der Waals surface area contributed by atoms with E-state index in [1.165, 1.54) is 6.07 Å². The molecule has 0 bridgehead atoms. The van der Waals surface area contributed by atoms with Gasteiger partial charge in [0, 0.05) is 18.5 Å². The van der Waals surface area contributed by atoms with Crippen molar-refractivity contribution in [2.75, 3.05) is 13.1 Å². The molecule has 2 rings (SSSR count). The molecule has 0 aliphatic rings. The van der Waals surface area contributed by atoms with Gasteiger partial charge in [-0.25, -0.2) is 9.37 Å². The molecule has 0 aliphatic heterocycles. The number of hydrogen-bond acceptors (Lipinski definition) is 3. The normalized spacial score (nSPS) is 11.2. The summed E-state index contributed by atoms with van der Waals surface area (Å²) in [6.45, 7) is 7.90. The van der Waals surface area contributed by atoms with Crippen LogP contribution >= 0.6 is 0 Å². The molecule has 1 aromatic heterocycles. The molecule has 0 aliphatic carbocycles. The van der Waals surface area contributed by atoms with Gasteiger partial charge in [-0.05, 0) is 31.0 Å². The minimum Gasteiger partial charge on any atom is -0.441 e. The molecule has 0 saturated carbocycles. The van der Waals surface area contributed by atoms with Crippen LogP contribution in [0.1, 0.15) is 25.3 Å². The molecule has 1 N–H and O–H groups in total. The van der Waals surface area contributed by atoms with Crippen LogP contribution in [0.4, 0.5) is 4.39 Å². The van der Waals surface area contributed by atoms with E-state index in [1.807, 2.05) is 6.07 Å². The fraction of sp³-hybridized carbons (Fsp3) is 0.438. The molecular formula is C16H21FN2O. The van der Waals surface area contributed by atoms with Crippen molar-refractivity contribution < 1.29 is 8.81 Å². The summed E-state index contributed by atoms with van der Waals surface area (Å²) < 4.78 is 19.2. The number of benzene rings is 1. The fourth-order valence-corrected chi connectivity index (χ4v) is 1.89. The van der Waals surface area contributed by atoms with Gasteiger partial charge in [0.25, 0.3) is 0 Å². The zero-order chi connectivity index (χ0) is 14.5. The monoisotopic (exact) mass is 276 g/mol. The molecule has 0 saturated heterocycles. The largest absolute Gasteiger partial charge is 0.441 e. The molecule has 20 heavy (non-hydrogen) atoms. The maximum Gasteiger partial charge on any atom is 0.196 e. The van der Waals surface area contributed by atoms with Crippen LogP contribution in [-0.4, -0.2) is 18.1 Å². The molecule has 0 spiro atoms. The summed E-state index contributed by atoms with van der Waals surface area (Å²) in [5, 5.41) is 3.34. The number of rotatable bonds is 6. The highest BCUT2D eigenvalue weighted by Gasteiger charge is 2.08. The average molecular weight is 276 g/mol. The number of halogens is 1. The Morgan fingerprint density at radius 1 is 1.35 bits per heavy atom. The van der Waals surface area contributed by atoms with Gasteiger partial charge in [-0.2, -0.15) is 0 Å². The minimum atomic E-state index is -0.223. The third-order valence-corrected chi connectivity index (χ3v) is 3.08. The second kappa shape index (κ2) is 6.66.